The first kappa shape index (κ1) is 15.2. The second kappa shape index (κ2) is 6.18. The van der Waals surface area contributed by atoms with Crippen molar-refractivity contribution in [1.29, 1.82) is 0 Å². The van der Waals surface area contributed by atoms with Crippen LogP contribution >= 0.6 is 22.7 Å². The van der Waals surface area contributed by atoms with E-state index in [1.54, 1.807) is 16.2 Å². The van der Waals surface area contributed by atoms with Crippen molar-refractivity contribution < 1.29 is 14.7 Å². The van der Waals surface area contributed by atoms with E-state index in [1.165, 1.54) is 11.3 Å². The number of thiophene rings is 1. The summed E-state index contributed by atoms with van der Waals surface area (Å²) < 4.78 is 0. The predicted octanol–water partition coefficient (Wildman–Crippen LogP) is 3.12. The molecule has 116 valence electrons. The molecule has 1 atom stereocenters. The molecule has 1 unspecified atom stereocenters. The van der Waals surface area contributed by atoms with Gasteiger partial charge in [0, 0.05) is 13.1 Å². The Balaban J connectivity index is 1.82. The summed E-state index contributed by atoms with van der Waals surface area (Å²) in [5.41, 5.74) is 0.718. The molecule has 0 spiro atoms. The molecule has 22 heavy (non-hydrogen) atoms. The zero-order chi connectivity index (χ0) is 15.7. The number of rotatable bonds is 3. The molecule has 1 fully saturated rings. The van der Waals surface area contributed by atoms with E-state index < -0.39 is 11.9 Å². The van der Waals surface area contributed by atoms with Gasteiger partial charge in [0.2, 0.25) is 0 Å². The van der Waals surface area contributed by atoms with Crippen molar-refractivity contribution in [3.8, 4) is 9.88 Å². The summed E-state index contributed by atoms with van der Waals surface area (Å²) in [4.78, 5) is 31.6. The van der Waals surface area contributed by atoms with E-state index in [-0.39, 0.29) is 5.91 Å². The number of aromatic nitrogens is 1. The smallest absolute Gasteiger partial charge is 0.308 e. The molecule has 1 N–H and O–H groups in total. The molecule has 1 saturated heterocycles. The van der Waals surface area contributed by atoms with Crippen molar-refractivity contribution in [2.75, 3.05) is 13.1 Å². The lowest BCUT2D eigenvalue weighted by Gasteiger charge is -2.30. The maximum absolute atomic E-state index is 12.7. The maximum atomic E-state index is 12.7. The van der Waals surface area contributed by atoms with E-state index in [0.29, 0.717) is 24.4 Å². The molecule has 0 aliphatic carbocycles. The predicted molar refractivity (Wildman–Crippen MR) is 86.4 cm³/mol. The minimum atomic E-state index is -0.821. The molecule has 5 nitrogen and oxygen atoms in total. The van der Waals surface area contributed by atoms with Crippen LogP contribution in [0.3, 0.4) is 0 Å². The van der Waals surface area contributed by atoms with Crippen molar-refractivity contribution in [3.63, 3.8) is 0 Å². The largest absolute Gasteiger partial charge is 0.481 e. The van der Waals surface area contributed by atoms with E-state index in [0.717, 1.165) is 22.0 Å². The zero-order valence-electron chi connectivity index (χ0n) is 12.1. The van der Waals surface area contributed by atoms with Gasteiger partial charge in [-0.3, -0.25) is 9.59 Å². The van der Waals surface area contributed by atoms with Gasteiger partial charge in [-0.15, -0.1) is 22.7 Å². The van der Waals surface area contributed by atoms with Crippen LogP contribution in [0.15, 0.2) is 17.5 Å². The molecule has 7 heteroatoms. The van der Waals surface area contributed by atoms with Gasteiger partial charge in [-0.05, 0) is 31.2 Å². The van der Waals surface area contributed by atoms with Gasteiger partial charge in [0.05, 0.1) is 16.5 Å². The third-order valence-electron chi connectivity index (χ3n) is 3.78. The second-order valence-corrected chi connectivity index (χ2v) is 7.29. The van der Waals surface area contributed by atoms with Gasteiger partial charge < -0.3 is 10.0 Å². The summed E-state index contributed by atoms with van der Waals surface area (Å²) in [5.74, 6) is -1.37. The first-order valence-corrected chi connectivity index (χ1v) is 8.79. The maximum Gasteiger partial charge on any atom is 0.308 e. The van der Waals surface area contributed by atoms with E-state index in [1.807, 2.05) is 24.4 Å². The highest BCUT2D eigenvalue weighted by atomic mass is 32.1. The minimum absolute atomic E-state index is 0.0937. The molecule has 1 amide bonds. The molecule has 2 aromatic rings. The lowest BCUT2D eigenvalue weighted by molar-refractivity contribution is -0.143. The summed E-state index contributed by atoms with van der Waals surface area (Å²) in [7, 11) is 0. The Hall–Kier alpha value is -1.73. The third kappa shape index (κ3) is 2.91. The average Bonchev–Trinajstić information content (AvgIpc) is 3.16. The number of nitrogens with zero attached hydrogens (tertiary/aromatic N) is 2. The van der Waals surface area contributed by atoms with E-state index in [2.05, 4.69) is 4.98 Å². The van der Waals surface area contributed by atoms with Crippen LogP contribution in [0.1, 0.15) is 28.2 Å². The van der Waals surface area contributed by atoms with Gasteiger partial charge in [-0.2, -0.15) is 0 Å². The fourth-order valence-electron chi connectivity index (χ4n) is 2.61. The number of hydrogen-bond acceptors (Lipinski definition) is 5. The number of hydrogen-bond donors (Lipinski definition) is 1. The minimum Gasteiger partial charge on any atom is -0.481 e. The first-order chi connectivity index (χ1) is 10.6. The molecule has 3 heterocycles. The molecule has 1 aliphatic heterocycles. The van der Waals surface area contributed by atoms with Crippen LogP contribution in [0.25, 0.3) is 9.88 Å². The Morgan fingerprint density at radius 2 is 2.27 bits per heavy atom. The van der Waals surface area contributed by atoms with Crippen LogP contribution in [0.5, 0.6) is 0 Å². The molecule has 0 radical (unpaired) electrons. The zero-order valence-corrected chi connectivity index (χ0v) is 13.7. The summed E-state index contributed by atoms with van der Waals surface area (Å²) in [6.07, 6.45) is 1.37. The number of carboxylic acid groups (broad SMARTS) is 1. The number of aliphatic carboxylic acids is 1. The van der Waals surface area contributed by atoms with Gasteiger partial charge in [0.25, 0.3) is 5.91 Å². The number of amides is 1. The molecule has 0 saturated carbocycles. The fraction of sp³-hybridized carbons (Fsp3) is 0.400. The third-order valence-corrected chi connectivity index (χ3v) is 5.97. The number of likely N-dealkylation sites (tertiary alicyclic amines) is 1. The van der Waals surface area contributed by atoms with Gasteiger partial charge in [-0.1, -0.05) is 6.07 Å². The van der Waals surface area contributed by atoms with Crippen LogP contribution in [-0.4, -0.2) is 40.0 Å². The Labute approximate surface area is 136 Å². The standard InChI is InChI=1S/C15H16N2O3S2/c1-9-12(22-13(16-9)11-5-3-7-21-11)14(18)17-6-2-4-10(8-17)15(19)20/h3,5,7,10H,2,4,6,8H2,1H3,(H,19,20). The summed E-state index contributed by atoms with van der Waals surface area (Å²) in [6, 6.07) is 3.94. The molecule has 3 rings (SSSR count). The summed E-state index contributed by atoms with van der Waals surface area (Å²) in [6.45, 7) is 2.74. The van der Waals surface area contributed by atoms with Gasteiger partial charge in [0.15, 0.2) is 0 Å². The number of piperidine rings is 1. The van der Waals surface area contributed by atoms with Crippen molar-refractivity contribution in [3.05, 3.63) is 28.1 Å². The van der Waals surface area contributed by atoms with Gasteiger partial charge in [-0.25, -0.2) is 4.98 Å². The molecule has 0 aromatic carbocycles. The summed E-state index contributed by atoms with van der Waals surface area (Å²) >= 11 is 2.98. The van der Waals surface area contributed by atoms with Crippen LogP contribution in [-0.2, 0) is 4.79 Å². The SMILES string of the molecule is Cc1nc(-c2cccs2)sc1C(=O)N1CCCC(C(=O)O)C1. The number of thiazole rings is 1. The number of carbonyl (C=O) groups is 2. The topological polar surface area (TPSA) is 70.5 Å². The highest BCUT2D eigenvalue weighted by Crippen LogP contribution is 2.32. The lowest BCUT2D eigenvalue weighted by atomic mass is 9.98. The second-order valence-electron chi connectivity index (χ2n) is 5.34. The van der Waals surface area contributed by atoms with E-state index in [9.17, 15) is 9.59 Å². The number of carboxylic acids is 1. The van der Waals surface area contributed by atoms with Crippen LogP contribution in [0.4, 0.5) is 0 Å². The van der Waals surface area contributed by atoms with Crippen molar-refractivity contribution in [2.45, 2.75) is 19.8 Å². The molecular formula is C15H16N2O3S2. The normalized spacial score (nSPS) is 18.4. The van der Waals surface area contributed by atoms with Gasteiger partial charge >= 0.3 is 5.97 Å². The van der Waals surface area contributed by atoms with Crippen LogP contribution < -0.4 is 0 Å². The van der Waals surface area contributed by atoms with E-state index in [4.69, 9.17) is 5.11 Å². The Kier molecular flexibility index (Phi) is 4.26. The Morgan fingerprint density at radius 3 is 2.95 bits per heavy atom. The lowest BCUT2D eigenvalue weighted by Crippen LogP contribution is -2.42. The molecule has 1 aliphatic rings. The summed E-state index contributed by atoms with van der Waals surface area (Å²) in [5, 5.41) is 12.0. The monoisotopic (exact) mass is 336 g/mol. The molecule has 2 aromatic heterocycles. The quantitative estimate of drug-likeness (QED) is 0.935. The van der Waals surface area contributed by atoms with E-state index >= 15 is 0 Å². The average molecular weight is 336 g/mol. The van der Waals surface area contributed by atoms with Crippen molar-refractivity contribution in [2.24, 2.45) is 5.92 Å². The van der Waals surface area contributed by atoms with Crippen LogP contribution in [0.2, 0.25) is 0 Å². The highest BCUT2D eigenvalue weighted by Gasteiger charge is 2.30. The molecule has 0 bridgehead atoms. The van der Waals surface area contributed by atoms with Crippen LogP contribution in [0, 0.1) is 12.8 Å². The van der Waals surface area contributed by atoms with Crippen molar-refractivity contribution in [1.82, 2.24) is 9.88 Å². The fourth-order valence-corrected chi connectivity index (χ4v) is 4.44. The Morgan fingerprint density at radius 1 is 1.45 bits per heavy atom. The molecular weight excluding hydrogens is 320 g/mol. The number of carbonyl (C=O) groups excluding carboxylic acids is 1. The highest BCUT2D eigenvalue weighted by molar-refractivity contribution is 7.22. The van der Waals surface area contributed by atoms with Gasteiger partial charge in [0.1, 0.15) is 9.88 Å². The first-order valence-electron chi connectivity index (χ1n) is 7.09. The van der Waals surface area contributed by atoms with Crippen molar-refractivity contribution >= 4 is 34.6 Å². The number of aryl methyl sites for hydroxylation is 1. The Bertz CT molecular complexity index is 694.